The molecule has 0 nitrogen and oxygen atoms in total. The number of hydrogen-bond acceptors (Lipinski definition) is 0. The van der Waals surface area contributed by atoms with Crippen LogP contribution in [0.1, 0.15) is 6.42 Å². The molecule has 1 aliphatic carbocycles. The number of allylic oxidation sites excluding steroid dienone is 4. The van der Waals surface area contributed by atoms with Gasteiger partial charge < -0.3 is 0 Å². The maximum absolute atomic E-state index is 2.48. The second-order valence-corrected chi connectivity index (χ2v) is 24.5. The van der Waals surface area contributed by atoms with Gasteiger partial charge >= 0.3 is 63.0 Å². The van der Waals surface area contributed by atoms with Crippen molar-refractivity contribution in [2.75, 3.05) is 0 Å². The van der Waals surface area contributed by atoms with Crippen molar-refractivity contribution in [1.82, 2.24) is 0 Å². The van der Waals surface area contributed by atoms with E-state index >= 15 is 0 Å². The van der Waals surface area contributed by atoms with Crippen molar-refractivity contribution in [2.45, 2.75) is 15.7 Å². The summed E-state index contributed by atoms with van der Waals surface area (Å²) in [6.07, 6.45) is 8.04. The van der Waals surface area contributed by atoms with E-state index in [1.807, 2.05) is 0 Å². The molecule has 0 fully saturated rings. The Morgan fingerprint density at radius 3 is 2.09 bits per heavy atom. The third-order valence-electron chi connectivity index (χ3n) is 1.64. The van der Waals surface area contributed by atoms with Crippen LogP contribution in [0, 0.1) is 0 Å². The zero-order valence-electron chi connectivity index (χ0n) is 6.96. The average molecular weight is 378 g/mol. The van der Waals surface area contributed by atoms with Gasteiger partial charge in [0.15, 0.2) is 0 Å². The van der Waals surface area contributed by atoms with E-state index in [-0.39, 0.29) is 34.0 Å². The molecule has 0 aromatic heterocycles. The monoisotopic (exact) mass is 375 g/mol. The van der Waals surface area contributed by atoms with E-state index in [1.54, 1.807) is 3.28 Å². The van der Waals surface area contributed by atoms with E-state index in [0.717, 1.165) is 0 Å². The zero-order valence-corrected chi connectivity index (χ0v) is 14.3. The molecule has 0 aromatic carbocycles. The summed E-state index contributed by atoms with van der Waals surface area (Å²) in [6.45, 7) is 2.27. The molecule has 0 unspecified atom stereocenters. The third-order valence-corrected chi connectivity index (χ3v) is 9.51. The predicted octanol–water partition coefficient (Wildman–Crippen LogP) is 2.78. The number of hydrogen-bond donors (Lipinski definition) is 0. The summed E-state index contributed by atoms with van der Waals surface area (Å²) in [7, 11) is 0. The molecule has 65 valence electrons. The van der Waals surface area contributed by atoms with Gasteiger partial charge in [-0.05, 0) is 0 Å². The summed E-state index contributed by atoms with van der Waals surface area (Å²) < 4.78 is 6.72. The van der Waals surface area contributed by atoms with Gasteiger partial charge in [-0.1, -0.05) is 0 Å². The van der Waals surface area contributed by atoms with Gasteiger partial charge in [0.1, 0.15) is 0 Å². The van der Waals surface area contributed by atoms with E-state index in [9.17, 15) is 0 Å². The SMILES string of the molecule is Br.Br.[CH3][Zr]([CH3])(=[SiH2])[C]1=CC=CC1. The molecule has 0 saturated carbocycles. The quantitative estimate of drug-likeness (QED) is 0.616. The van der Waals surface area contributed by atoms with E-state index in [2.05, 4.69) is 34.4 Å². The van der Waals surface area contributed by atoms with Gasteiger partial charge in [0, 0.05) is 0 Å². The van der Waals surface area contributed by atoms with Gasteiger partial charge in [0.25, 0.3) is 0 Å². The van der Waals surface area contributed by atoms with Crippen LogP contribution in [0.5, 0.6) is 0 Å². The molecule has 0 heterocycles. The standard InChI is InChI=1S/C5H5.2CH3.2BrH.H2Si.Zr/c1-2-4-5-3-1;;;;;;/h1-3H,4H2;2*1H3;2*1H;1H2;. The first-order chi connectivity index (χ1) is 4.11. The zero-order chi connectivity index (χ0) is 6.91. The Labute approximate surface area is 95.8 Å². The molecule has 1 rings (SSSR count). The Bertz CT molecular complexity index is 214. The summed E-state index contributed by atoms with van der Waals surface area (Å²) >= 11 is -1.57. The Kier molecular flexibility index (Phi) is 8.29. The van der Waals surface area contributed by atoms with Crippen molar-refractivity contribution < 1.29 is 18.9 Å². The fourth-order valence-electron chi connectivity index (χ4n) is 0.949. The molecule has 4 heteroatoms. The van der Waals surface area contributed by atoms with Crippen LogP contribution >= 0.6 is 34.0 Å². The Morgan fingerprint density at radius 2 is 1.91 bits per heavy atom. The van der Waals surface area contributed by atoms with Gasteiger partial charge in [-0.2, -0.15) is 0 Å². The molecule has 0 radical (unpaired) electrons. The average Bonchev–Trinajstić information content (AvgIpc) is 2.08. The molecule has 1 aliphatic rings. The van der Waals surface area contributed by atoms with Gasteiger partial charge in [-0.15, -0.1) is 34.0 Å². The van der Waals surface area contributed by atoms with Crippen LogP contribution < -0.4 is 0 Å². The molecule has 0 aliphatic heterocycles. The Balaban J connectivity index is 0. The molecule has 0 bridgehead atoms. The molecule has 0 atom stereocenters. The molecular formula is C7H15Br2SiZr. The Hall–Kier alpha value is 1.54. The summed E-state index contributed by atoms with van der Waals surface area (Å²) in [5, 5.41) is 0. The summed E-state index contributed by atoms with van der Waals surface area (Å²) in [4.78, 5) is 0. The van der Waals surface area contributed by atoms with Crippen molar-refractivity contribution >= 4 is 40.8 Å². The number of halogens is 2. The van der Waals surface area contributed by atoms with Gasteiger partial charge in [0.2, 0.25) is 0 Å². The van der Waals surface area contributed by atoms with Crippen LogP contribution in [-0.4, -0.2) is 6.88 Å². The second kappa shape index (κ2) is 6.06. The van der Waals surface area contributed by atoms with Gasteiger partial charge in [0.05, 0.1) is 0 Å². The van der Waals surface area contributed by atoms with Crippen LogP contribution in [-0.2, 0) is 18.9 Å². The molecular weight excluding hydrogens is 363 g/mol. The first-order valence-electron chi connectivity index (χ1n) is 3.32. The van der Waals surface area contributed by atoms with Crippen molar-refractivity contribution in [2.24, 2.45) is 0 Å². The van der Waals surface area contributed by atoms with Crippen molar-refractivity contribution in [3.63, 3.8) is 0 Å². The fraction of sp³-hybridized carbons (Fsp3) is 0.429. The van der Waals surface area contributed by atoms with Crippen LogP contribution in [0.3, 0.4) is 0 Å². The summed E-state index contributed by atoms with van der Waals surface area (Å²) in [6, 6.07) is 0. The normalized spacial score (nSPS) is 14.9. The third kappa shape index (κ3) is 4.97. The van der Waals surface area contributed by atoms with Crippen molar-refractivity contribution in [3.05, 3.63) is 21.5 Å². The molecule has 0 amide bonds. The minimum atomic E-state index is -1.57. The van der Waals surface area contributed by atoms with Crippen molar-refractivity contribution in [1.29, 1.82) is 0 Å². The molecule has 0 aromatic rings. The summed E-state index contributed by atoms with van der Waals surface area (Å²) in [5.41, 5.74) is 0. The Morgan fingerprint density at radius 1 is 1.36 bits per heavy atom. The van der Waals surface area contributed by atoms with E-state index < -0.39 is 18.9 Å². The van der Waals surface area contributed by atoms with Gasteiger partial charge in [-0.25, -0.2) is 0 Å². The van der Waals surface area contributed by atoms with Crippen molar-refractivity contribution in [3.8, 4) is 0 Å². The topological polar surface area (TPSA) is 0 Å². The predicted molar refractivity (Wildman–Crippen MR) is 62.8 cm³/mol. The molecule has 0 saturated heterocycles. The van der Waals surface area contributed by atoms with Crippen LogP contribution in [0.15, 0.2) is 21.5 Å². The second-order valence-electron chi connectivity index (χ2n) is 3.21. The maximum atomic E-state index is 2.48. The minimum absolute atomic E-state index is 0. The van der Waals surface area contributed by atoms with Crippen LogP contribution in [0.4, 0.5) is 0 Å². The van der Waals surface area contributed by atoms with E-state index in [4.69, 9.17) is 0 Å². The van der Waals surface area contributed by atoms with Gasteiger partial charge in [-0.3, -0.25) is 0 Å². The first kappa shape index (κ1) is 15.0. The van der Waals surface area contributed by atoms with Crippen LogP contribution in [0.2, 0.25) is 9.26 Å². The number of rotatable bonds is 1. The molecule has 0 spiro atoms. The fourth-order valence-corrected chi connectivity index (χ4v) is 5.49. The molecule has 11 heavy (non-hydrogen) atoms. The summed E-state index contributed by atoms with van der Waals surface area (Å²) in [5.74, 6) is 0. The first-order valence-corrected chi connectivity index (χ1v) is 15.4. The molecule has 0 N–H and O–H groups in total. The van der Waals surface area contributed by atoms with E-state index in [0.29, 0.717) is 0 Å². The van der Waals surface area contributed by atoms with Crippen LogP contribution in [0.25, 0.3) is 0 Å². The van der Waals surface area contributed by atoms with E-state index in [1.165, 1.54) is 6.42 Å².